The van der Waals surface area contributed by atoms with Gasteiger partial charge in [0.05, 0.1) is 0 Å². The first kappa shape index (κ1) is 18.4. The third kappa shape index (κ3) is 3.33. The van der Waals surface area contributed by atoms with Crippen LogP contribution in [0.2, 0.25) is 0 Å². The first-order chi connectivity index (χ1) is 14.7. The van der Waals surface area contributed by atoms with Crippen LogP contribution in [0.1, 0.15) is 13.8 Å². The van der Waals surface area contributed by atoms with Crippen molar-refractivity contribution in [2.75, 3.05) is 4.90 Å². The van der Waals surface area contributed by atoms with Gasteiger partial charge in [-0.3, -0.25) is 0 Å². The molecule has 0 spiro atoms. The number of nitrogens with zero attached hydrogens (tertiary/aromatic N) is 1. The zero-order valence-corrected chi connectivity index (χ0v) is 17.4. The molecule has 0 radical (unpaired) electrons. The molecule has 0 amide bonds. The SMILES string of the molecule is CC(C)N(c1ccc(-c2ccc3ccccc3c2)cc1)c1cccc2ccccc12. The molecule has 0 N–H and O–H groups in total. The normalized spacial score (nSPS) is 11.3. The molecule has 30 heavy (non-hydrogen) atoms. The third-order valence-corrected chi connectivity index (χ3v) is 5.77. The number of fused-ring (bicyclic) bond motifs is 2. The van der Waals surface area contributed by atoms with Crippen LogP contribution in [0.5, 0.6) is 0 Å². The molecule has 0 saturated carbocycles. The summed E-state index contributed by atoms with van der Waals surface area (Å²) in [4.78, 5) is 2.42. The molecule has 5 aromatic carbocycles. The summed E-state index contributed by atoms with van der Waals surface area (Å²) in [5.41, 5.74) is 4.96. The van der Waals surface area contributed by atoms with Crippen molar-refractivity contribution in [3.8, 4) is 11.1 Å². The van der Waals surface area contributed by atoms with Crippen molar-refractivity contribution in [3.63, 3.8) is 0 Å². The van der Waals surface area contributed by atoms with Gasteiger partial charge >= 0.3 is 0 Å². The van der Waals surface area contributed by atoms with E-state index in [0.29, 0.717) is 6.04 Å². The Hall–Kier alpha value is -3.58. The molecule has 0 saturated heterocycles. The number of benzene rings is 5. The van der Waals surface area contributed by atoms with E-state index in [9.17, 15) is 0 Å². The summed E-state index contributed by atoms with van der Waals surface area (Å²) in [5.74, 6) is 0. The Bertz CT molecular complexity index is 1310. The monoisotopic (exact) mass is 387 g/mol. The zero-order chi connectivity index (χ0) is 20.5. The van der Waals surface area contributed by atoms with E-state index in [-0.39, 0.29) is 0 Å². The molecule has 0 fully saturated rings. The van der Waals surface area contributed by atoms with Gasteiger partial charge in [-0.2, -0.15) is 0 Å². The Kier molecular flexibility index (Phi) is 4.72. The minimum absolute atomic E-state index is 0.349. The highest BCUT2D eigenvalue weighted by molar-refractivity contribution is 5.96. The summed E-state index contributed by atoms with van der Waals surface area (Å²) in [6, 6.07) is 39.7. The molecule has 0 atom stereocenters. The van der Waals surface area contributed by atoms with Crippen LogP contribution in [0.15, 0.2) is 109 Å². The van der Waals surface area contributed by atoms with Crippen molar-refractivity contribution in [2.45, 2.75) is 19.9 Å². The highest BCUT2D eigenvalue weighted by atomic mass is 15.2. The lowest BCUT2D eigenvalue weighted by Crippen LogP contribution is -2.25. The number of hydrogen-bond acceptors (Lipinski definition) is 1. The Balaban J connectivity index is 1.55. The second-order valence-electron chi connectivity index (χ2n) is 8.07. The van der Waals surface area contributed by atoms with E-state index in [1.54, 1.807) is 0 Å². The van der Waals surface area contributed by atoms with Gasteiger partial charge in [-0.15, -0.1) is 0 Å². The van der Waals surface area contributed by atoms with Gasteiger partial charge in [0, 0.05) is 22.8 Å². The van der Waals surface area contributed by atoms with E-state index >= 15 is 0 Å². The minimum Gasteiger partial charge on any atom is -0.338 e. The van der Waals surface area contributed by atoms with E-state index in [1.807, 2.05) is 0 Å². The van der Waals surface area contributed by atoms with Crippen molar-refractivity contribution < 1.29 is 0 Å². The molecule has 0 heterocycles. The van der Waals surface area contributed by atoms with E-state index < -0.39 is 0 Å². The fourth-order valence-corrected chi connectivity index (χ4v) is 4.32. The second kappa shape index (κ2) is 7.68. The van der Waals surface area contributed by atoms with Crippen molar-refractivity contribution in [1.82, 2.24) is 0 Å². The van der Waals surface area contributed by atoms with E-state index in [4.69, 9.17) is 0 Å². The molecule has 0 bridgehead atoms. The standard InChI is InChI=1S/C29H25N/c1-21(2)30(29-13-7-11-24-9-5-6-12-28(24)29)27-18-16-23(17-19-27)26-15-14-22-8-3-4-10-25(22)20-26/h3-21H,1-2H3. The van der Waals surface area contributed by atoms with Crippen LogP contribution in [0.3, 0.4) is 0 Å². The van der Waals surface area contributed by atoms with Gasteiger partial charge in [-0.25, -0.2) is 0 Å². The second-order valence-corrected chi connectivity index (χ2v) is 8.07. The van der Waals surface area contributed by atoms with Crippen LogP contribution in [-0.2, 0) is 0 Å². The average Bonchev–Trinajstić information content (AvgIpc) is 2.79. The topological polar surface area (TPSA) is 3.24 Å². The van der Waals surface area contributed by atoms with Gasteiger partial charge in [-0.1, -0.05) is 84.9 Å². The van der Waals surface area contributed by atoms with Crippen LogP contribution in [-0.4, -0.2) is 6.04 Å². The van der Waals surface area contributed by atoms with Crippen molar-refractivity contribution in [3.05, 3.63) is 109 Å². The predicted molar refractivity (Wildman–Crippen MR) is 131 cm³/mol. The lowest BCUT2D eigenvalue weighted by atomic mass is 10.0. The van der Waals surface area contributed by atoms with Crippen LogP contribution in [0, 0.1) is 0 Å². The summed E-state index contributed by atoms with van der Waals surface area (Å²) in [6.45, 7) is 4.50. The molecule has 1 heteroatoms. The molecule has 0 unspecified atom stereocenters. The molecular weight excluding hydrogens is 362 g/mol. The maximum Gasteiger partial charge on any atom is 0.0492 e. The van der Waals surface area contributed by atoms with Gasteiger partial charge in [0.15, 0.2) is 0 Å². The lowest BCUT2D eigenvalue weighted by molar-refractivity contribution is 0.791. The summed E-state index contributed by atoms with van der Waals surface area (Å²) < 4.78 is 0. The van der Waals surface area contributed by atoms with Crippen molar-refractivity contribution in [2.24, 2.45) is 0 Å². The van der Waals surface area contributed by atoms with E-state index in [2.05, 4.69) is 128 Å². The average molecular weight is 388 g/mol. The predicted octanol–water partition coefficient (Wildman–Crippen LogP) is 8.21. The van der Waals surface area contributed by atoms with Crippen LogP contribution in [0.4, 0.5) is 11.4 Å². The Morgan fingerprint density at radius 1 is 0.533 bits per heavy atom. The molecule has 146 valence electrons. The highest BCUT2D eigenvalue weighted by Gasteiger charge is 2.15. The number of rotatable bonds is 4. The zero-order valence-electron chi connectivity index (χ0n) is 17.4. The lowest BCUT2D eigenvalue weighted by Gasteiger charge is -2.30. The number of hydrogen-bond donors (Lipinski definition) is 0. The Labute approximate surface area is 178 Å². The maximum absolute atomic E-state index is 2.42. The fourth-order valence-electron chi connectivity index (χ4n) is 4.32. The summed E-state index contributed by atoms with van der Waals surface area (Å²) >= 11 is 0. The quantitative estimate of drug-likeness (QED) is 0.300. The third-order valence-electron chi connectivity index (χ3n) is 5.77. The van der Waals surface area contributed by atoms with Crippen LogP contribution >= 0.6 is 0 Å². The summed E-state index contributed by atoms with van der Waals surface area (Å²) in [7, 11) is 0. The van der Waals surface area contributed by atoms with Crippen LogP contribution < -0.4 is 4.90 Å². The first-order valence-corrected chi connectivity index (χ1v) is 10.6. The van der Waals surface area contributed by atoms with Crippen LogP contribution in [0.25, 0.3) is 32.7 Å². The fraction of sp³-hybridized carbons (Fsp3) is 0.103. The van der Waals surface area contributed by atoms with E-state index in [0.717, 1.165) is 0 Å². The molecule has 0 aliphatic rings. The van der Waals surface area contributed by atoms with Crippen molar-refractivity contribution in [1.29, 1.82) is 0 Å². The molecule has 0 aliphatic heterocycles. The first-order valence-electron chi connectivity index (χ1n) is 10.6. The molecule has 0 aliphatic carbocycles. The smallest absolute Gasteiger partial charge is 0.0492 e. The minimum atomic E-state index is 0.349. The van der Waals surface area contributed by atoms with Crippen molar-refractivity contribution >= 4 is 32.9 Å². The molecule has 5 aromatic rings. The summed E-state index contributed by atoms with van der Waals surface area (Å²) in [5, 5.41) is 5.11. The van der Waals surface area contributed by atoms with Gasteiger partial charge in [0.1, 0.15) is 0 Å². The maximum atomic E-state index is 2.42. The van der Waals surface area contributed by atoms with Gasteiger partial charge in [0.25, 0.3) is 0 Å². The molecule has 1 nitrogen and oxygen atoms in total. The van der Waals surface area contributed by atoms with Gasteiger partial charge in [0.2, 0.25) is 0 Å². The summed E-state index contributed by atoms with van der Waals surface area (Å²) in [6.07, 6.45) is 0. The van der Waals surface area contributed by atoms with Gasteiger partial charge < -0.3 is 4.90 Å². The largest absolute Gasteiger partial charge is 0.338 e. The molecule has 5 rings (SSSR count). The highest BCUT2D eigenvalue weighted by Crippen LogP contribution is 2.35. The molecule has 0 aromatic heterocycles. The van der Waals surface area contributed by atoms with E-state index in [1.165, 1.54) is 44.0 Å². The molecular formula is C29H25N. The number of anilines is 2. The Morgan fingerprint density at radius 3 is 1.93 bits per heavy atom. The Morgan fingerprint density at radius 2 is 1.17 bits per heavy atom. The van der Waals surface area contributed by atoms with Gasteiger partial charge in [-0.05, 0) is 65.4 Å².